The second kappa shape index (κ2) is 9.96. The summed E-state index contributed by atoms with van der Waals surface area (Å²) in [6, 6.07) is 0. The van der Waals surface area contributed by atoms with E-state index in [2.05, 4.69) is 6.42 Å². The summed E-state index contributed by atoms with van der Waals surface area (Å²) >= 11 is 0. The number of ether oxygens (including phenoxy) is 3. The van der Waals surface area contributed by atoms with Gasteiger partial charge in [-0.2, -0.15) is 0 Å². The van der Waals surface area contributed by atoms with Crippen molar-refractivity contribution in [1.29, 1.82) is 0 Å². The zero-order valence-electron chi connectivity index (χ0n) is 8.91. The average molecular weight is 189 g/mol. The zero-order valence-corrected chi connectivity index (χ0v) is 8.91. The van der Waals surface area contributed by atoms with Crippen LogP contribution in [0.15, 0.2) is 0 Å². The average Bonchev–Trinajstić information content (AvgIpc) is 2.13. The van der Waals surface area contributed by atoms with Crippen molar-refractivity contribution in [1.82, 2.24) is 0 Å². The molecule has 0 amide bonds. The SMILES string of the molecule is C[CH]CCOCC(OCC)OCC. The van der Waals surface area contributed by atoms with Crippen LogP contribution in [0.5, 0.6) is 0 Å². The molecule has 0 aliphatic carbocycles. The van der Waals surface area contributed by atoms with E-state index in [-0.39, 0.29) is 6.29 Å². The molecular formula is C10H21O3. The van der Waals surface area contributed by atoms with Crippen LogP contribution in [0.1, 0.15) is 27.2 Å². The first-order valence-electron chi connectivity index (χ1n) is 4.93. The second-order valence-electron chi connectivity index (χ2n) is 2.61. The fourth-order valence-corrected chi connectivity index (χ4v) is 0.897. The Kier molecular flexibility index (Phi) is 9.87. The molecule has 0 aromatic heterocycles. The monoisotopic (exact) mass is 189 g/mol. The molecule has 0 fully saturated rings. The van der Waals surface area contributed by atoms with E-state index in [4.69, 9.17) is 14.2 Å². The minimum absolute atomic E-state index is 0.202. The Morgan fingerprint density at radius 2 is 1.77 bits per heavy atom. The maximum atomic E-state index is 5.36. The lowest BCUT2D eigenvalue weighted by Crippen LogP contribution is -2.23. The van der Waals surface area contributed by atoms with Crippen LogP contribution in [0.2, 0.25) is 0 Å². The lowest BCUT2D eigenvalue weighted by Gasteiger charge is -2.16. The van der Waals surface area contributed by atoms with E-state index in [1.54, 1.807) is 0 Å². The van der Waals surface area contributed by atoms with Crippen molar-refractivity contribution in [2.24, 2.45) is 0 Å². The van der Waals surface area contributed by atoms with Gasteiger partial charge in [-0.15, -0.1) is 0 Å². The molecule has 0 saturated heterocycles. The molecule has 3 heteroatoms. The van der Waals surface area contributed by atoms with Crippen LogP contribution in [0.4, 0.5) is 0 Å². The van der Waals surface area contributed by atoms with Crippen molar-refractivity contribution in [3.8, 4) is 0 Å². The van der Waals surface area contributed by atoms with Crippen LogP contribution in [0, 0.1) is 6.42 Å². The minimum Gasteiger partial charge on any atom is -0.376 e. The highest BCUT2D eigenvalue weighted by Gasteiger charge is 2.06. The molecule has 0 unspecified atom stereocenters. The van der Waals surface area contributed by atoms with E-state index in [0.717, 1.165) is 13.0 Å². The van der Waals surface area contributed by atoms with Crippen LogP contribution in [0.3, 0.4) is 0 Å². The van der Waals surface area contributed by atoms with Crippen LogP contribution in [0.25, 0.3) is 0 Å². The van der Waals surface area contributed by atoms with Crippen LogP contribution >= 0.6 is 0 Å². The van der Waals surface area contributed by atoms with Gasteiger partial charge >= 0.3 is 0 Å². The highest BCUT2D eigenvalue weighted by atomic mass is 16.7. The first-order chi connectivity index (χ1) is 6.35. The standard InChI is InChI=1S/C10H21O3/c1-4-7-8-11-9-10(12-5-2)13-6-3/h4,10H,5-9H2,1-3H3. The molecule has 13 heavy (non-hydrogen) atoms. The van der Waals surface area contributed by atoms with E-state index >= 15 is 0 Å². The number of unbranched alkanes of at least 4 members (excludes halogenated alkanes) is 1. The Morgan fingerprint density at radius 3 is 2.23 bits per heavy atom. The maximum Gasteiger partial charge on any atom is 0.180 e. The summed E-state index contributed by atoms with van der Waals surface area (Å²) in [6.45, 7) is 8.51. The Bertz CT molecular complexity index is 90.2. The minimum atomic E-state index is -0.202. The van der Waals surface area contributed by atoms with Crippen molar-refractivity contribution >= 4 is 0 Å². The van der Waals surface area contributed by atoms with E-state index < -0.39 is 0 Å². The number of rotatable bonds is 9. The van der Waals surface area contributed by atoms with Gasteiger partial charge in [0.25, 0.3) is 0 Å². The molecule has 0 aliphatic rings. The number of hydrogen-bond acceptors (Lipinski definition) is 3. The summed E-state index contributed by atoms with van der Waals surface area (Å²) < 4.78 is 16.0. The van der Waals surface area contributed by atoms with Gasteiger partial charge in [0, 0.05) is 19.8 Å². The Balaban J connectivity index is 3.33. The summed E-state index contributed by atoms with van der Waals surface area (Å²) in [5.74, 6) is 0. The first kappa shape index (κ1) is 12.9. The Morgan fingerprint density at radius 1 is 1.15 bits per heavy atom. The molecule has 0 bridgehead atoms. The third kappa shape index (κ3) is 8.22. The van der Waals surface area contributed by atoms with Gasteiger partial charge in [0.1, 0.15) is 0 Å². The lowest BCUT2D eigenvalue weighted by atomic mass is 10.4. The van der Waals surface area contributed by atoms with Gasteiger partial charge < -0.3 is 14.2 Å². The maximum absolute atomic E-state index is 5.36. The lowest BCUT2D eigenvalue weighted by molar-refractivity contribution is -0.167. The molecule has 0 N–H and O–H groups in total. The van der Waals surface area contributed by atoms with Crippen LogP contribution in [-0.4, -0.2) is 32.7 Å². The van der Waals surface area contributed by atoms with E-state index in [0.29, 0.717) is 19.8 Å². The van der Waals surface area contributed by atoms with E-state index in [1.807, 2.05) is 20.8 Å². The van der Waals surface area contributed by atoms with E-state index in [9.17, 15) is 0 Å². The molecule has 0 aliphatic heterocycles. The first-order valence-corrected chi connectivity index (χ1v) is 4.93. The fraction of sp³-hybridized carbons (Fsp3) is 0.900. The summed E-state index contributed by atoms with van der Waals surface area (Å²) in [6.07, 6.45) is 2.85. The predicted molar refractivity (Wildman–Crippen MR) is 52.5 cm³/mol. The normalized spacial score (nSPS) is 11.1. The Hall–Kier alpha value is -0.120. The quantitative estimate of drug-likeness (QED) is 0.410. The highest BCUT2D eigenvalue weighted by Crippen LogP contribution is 1.97. The summed E-state index contributed by atoms with van der Waals surface area (Å²) in [7, 11) is 0. The molecule has 0 aromatic rings. The van der Waals surface area contributed by atoms with Gasteiger partial charge in [-0.25, -0.2) is 0 Å². The topological polar surface area (TPSA) is 27.7 Å². The smallest absolute Gasteiger partial charge is 0.180 e. The molecule has 0 saturated carbocycles. The van der Waals surface area contributed by atoms with Gasteiger partial charge in [0.15, 0.2) is 6.29 Å². The van der Waals surface area contributed by atoms with Gasteiger partial charge in [-0.1, -0.05) is 6.92 Å². The molecular weight excluding hydrogens is 168 g/mol. The zero-order chi connectivity index (χ0) is 9.94. The molecule has 0 rings (SSSR count). The Labute approximate surface area is 81.4 Å². The third-order valence-electron chi connectivity index (χ3n) is 1.51. The van der Waals surface area contributed by atoms with Gasteiger partial charge in [0.05, 0.1) is 6.61 Å². The van der Waals surface area contributed by atoms with Crippen molar-refractivity contribution in [3.05, 3.63) is 6.42 Å². The van der Waals surface area contributed by atoms with Crippen molar-refractivity contribution < 1.29 is 14.2 Å². The molecule has 0 spiro atoms. The van der Waals surface area contributed by atoms with E-state index in [1.165, 1.54) is 0 Å². The summed E-state index contributed by atoms with van der Waals surface area (Å²) in [5.41, 5.74) is 0. The second-order valence-corrected chi connectivity index (χ2v) is 2.61. The van der Waals surface area contributed by atoms with Crippen molar-refractivity contribution in [2.75, 3.05) is 26.4 Å². The number of hydrogen-bond donors (Lipinski definition) is 0. The molecule has 0 heterocycles. The van der Waals surface area contributed by atoms with Crippen molar-refractivity contribution in [3.63, 3.8) is 0 Å². The van der Waals surface area contributed by atoms with Gasteiger partial charge in [-0.3, -0.25) is 0 Å². The highest BCUT2D eigenvalue weighted by molar-refractivity contribution is 4.53. The third-order valence-corrected chi connectivity index (χ3v) is 1.51. The van der Waals surface area contributed by atoms with Crippen LogP contribution in [-0.2, 0) is 14.2 Å². The van der Waals surface area contributed by atoms with Gasteiger partial charge in [-0.05, 0) is 26.7 Å². The summed E-state index contributed by atoms with van der Waals surface area (Å²) in [4.78, 5) is 0. The largest absolute Gasteiger partial charge is 0.376 e. The van der Waals surface area contributed by atoms with Crippen LogP contribution < -0.4 is 0 Å². The molecule has 79 valence electrons. The molecule has 0 atom stereocenters. The van der Waals surface area contributed by atoms with Crippen molar-refractivity contribution in [2.45, 2.75) is 33.5 Å². The predicted octanol–water partition coefficient (Wildman–Crippen LogP) is 2.02. The molecule has 3 nitrogen and oxygen atoms in total. The van der Waals surface area contributed by atoms with Gasteiger partial charge in [0.2, 0.25) is 0 Å². The molecule has 0 aromatic carbocycles. The fourth-order valence-electron chi connectivity index (χ4n) is 0.897. The molecule has 1 radical (unpaired) electrons. The summed E-state index contributed by atoms with van der Waals surface area (Å²) in [5, 5.41) is 0.